The predicted octanol–water partition coefficient (Wildman–Crippen LogP) is 2.25. The van der Waals surface area contributed by atoms with Crippen molar-refractivity contribution in [1.29, 1.82) is 0 Å². The van der Waals surface area contributed by atoms with Crippen molar-refractivity contribution in [2.45, 2.75) is 13.8 Å². The zero-order chi connectivity index (χ0) is 11.7. The third-order valence-corrected chi connectivity index (χ3v) is 2.94. The molecule has 84 valence electrons. The van der Waals surface area contributed by atoms with E-state index in [1.807, 2.05) is 38.1 Å². The van der Waals surface area contributed by atoms with Gasteiger partial charge < -0.3 is 10.7 Å². The number of aromatic nitrogens is 1. The summed E-state index contributed by atoms with van der Waals surface area (Å²) in [6, 6.07) is 7.85. The summed E-state index contributed by atoms with van der Waals surface area (Å²) in [4.78, 5) is 15.4. The second-order valence-corrected chi connectivity index (χ2v) is 4.17. The number of nitrogens with one attached hydrogen (secondary N) is 1. The van der Waals surface area contributed by atoms with Crippen LogP contribution in [0, 0.1) is 12.8 Å². The predicted molar refractivity (Wildman–Crippen MR) is 65.6 cm³/mol. The van der Waals surface area contributed by atoms with Gasteiger partial charge in [0, 0.05) is 34.6 Å². The first-order valence-electron chi connectivity index (χ1n) is 5.46. The molecule has 0 aliphatic carbocycles. The van der Waals surface area contributed by atoms with Gasteiger partial charge in [-0.25, -0.2) is 0 Å². The number of rotatable bonds is 3. The molecule has 3 N–H and O–H groups in total. The van der Waals surface area contributed by atoms with Crippen LogP contribution in [-0.4, -0.2) is 17.3 Å². The average Bonchev–Trinajstić information content (AvgIpc) is 2.63. The van der Waals surface area contributed by atoms with Crippen LogP contribution in [0.4, 0.5) is 0 Å². The van der Waals surface area contributed by atoms with Gasteiger partial charge in [-0.15, -0.1) is 0 Å². The van der Waals surface area contributed by atoms with Gasteiger partial charge in [0.05, 0.1) is 0 Å². The number of para-hydroxylation sites is 1. The van der Waals surface area contributed by atoms with Crippen LogP contribution in [0.25, 0.3) is 10.9 Å². The first-order valence-corrected chi connectivity index (χ1v) is 5.46. The fraction of sp³-hybridized carbons (Fsp3) is 0.308. The van der Waals surface area contributed by atoms with Crippen molar-refractivity contribution in [1.82, 2.24) is 4.98 Å². The summed E-state index contributed by atoms with van der Waals surface area (Å²) in [7, 11) is 0. The van der Waals surface area contributed by atoms with Crippen LogP contribution < -0.4 is 5.73 Å². The van der Waals surface area contributed by atoms with Gasteiger partial charge in [-0.05, 0) is 13.0 Å². The van der Waals surface area contributed by atoms with Crippen LogP contribution in [-0.2, 0) is 0 Å². The molecule has 0 aliphatic heterocycles. The van der Waals surface area contributed by atoms with Crippen LogP contribution in [0.3, 0.4) is 0 Å². The van der Waals surface area contributed by atoms with Crippen molar-refractivity contribution in [3.05, 3.63) is 35.5 Å². The molecular weight excluding hydrogens is 200 g/mol. The average molecular weight is 216 g/mol. The highest BCUT2D eigenvalue weighted by molar-refractivity contribution is 6.10. The second-order valence-electron chi connectivity index (χ2n) is 4.17. The molecule has 2 rings (SSSR count). The summed E-state index contributed by atoms with van der Waals surface area (Å²) < 4.78 is 0. The fourth-order valence-corrected chi connectivity index (χ4v) is 1.95. The number of carbonyl (C=O) groups is 1. The number of fused-ring (bicyclic) bond motifs is 1. The number of hydrogen-bond donors (Lipinski definition) is 2. The van der Waals surface area contributed by atoms with Gasteiger partial charge in [0.25, 0.3) is 0 Å². The number of Topliss-reactive ketones (excluding diaryl/α,β-unsaturated/α-hetero) is 1. The molecule has 0 fully saturated rings. The number of benzene rings is 1. The summed E-state index contributed by atoms with van der Waals surface area (Å²) in [6.45, 7) is 4.18. The van der Waals surface area contributed by atoms with Crippen molar-refractivity contribution < 1.29 is 4.79 Å². The minimum absolute atomic E-state index is 0.123. The van der Waals surface area contributed by atoms with E-state index in [0.717, 1.165) is 22.2 Å². The molecular formula is C13H16N2O. The molecule has 1 aromatic carbocycles. The Kier molecular flexibility index (Phi) is 2.79. The van der Waals surface area contributed by atoms with Gasteiger partial charge in [-0.2, -0.15) is 0 Å². The van der Waals surface area contributed by atoms with Gasteiger partial charge in [0.1, 0.15) is 0 Å². The maximum absolute atomic E-state index is 12.2. The molecule has 1 unspecified atom stereocenters. The second kappa shape index (κ2) is 4.10. The molecule has 1 aromatic heterocycles. The summed E-state index contributed by atoms with van der Waals surface area (Å²) in [5, 5.41) is 0.991. The van der Waals surface area contributed by atoms with Crippen LogP contribution in [0.2, 0.25) is 0 Å². The molecule has 0 radical (unpaired) electrons. The summed E-state index contributed by atoms with van der Waals surface area (Å²) in [5.74, 6) is -0.00430. The fourth-order valence-electron chi connectivity index (χ4n) is 1.95. The standard InChI is InChI=1S/C13H16N2O/c1-8(7-14)13(16)12-9(2)15-11-6-4-3-5-10(11)12/h3-6,8,15H,7,14H2,1-2H3. The molecule has 0 saturated carbocycles. The van der Waals surface area contributed by atoms with E-state index in [0.29, 0.717) is 6.54 Å². The molecule has 0 amide bonds. The summed E-state index contributed by atoms with van der Waals surface area (Å²) in [6.07, 6.45) is 0. The lowest BCUT2D eigenvalue weighted by atomic mass is 9.97. The van der Waals surface area contributed by atoms with Gasteiger partial charge in [-0.3, -0.25) is 4.79 Å². The Balaban J connectivity index is 2.59. The Labute approximate surface area is 94.6 Å². The third-order valence-electron chi connectivity index (χ3n) is 2.94. The lowest BCUT2D eigenvalue weighted by molar-refractivity contribution is 0.0935. The first kappa shape index (κ1) is 10.9. The number of carbonyl (C=O) groups excluding carboxylic acids is 1. The molecule has 16 heavy (non-hydrogen) atoms. The smallest absolute Gasteiger partial charge is 0.169 e. The van der Waals surface area contributed by atoms with E-state index in [9.17, 15) is 4.79 Å². The minimum atomic E-state index is -0.127. The SMILES string of the molecule is Cc1[nH]c2ccccc2c1C(=O)C(C)CN. The number of ketones is 1. The topological polar surface area (TPSA) is 58.9 Å². The molecule has 1 atom stereocenters. The van der Waals surface area contributed by atoms with Crippen molar-refractivity contribution in [2.24, 2.45) is 11.7 Å². The number of aromatic amines is 1. The minimum Gasteiger partial charge on any atom is -0.358 e. The van der Waals surface area contributed by atoms with Crippen molar-refractivity contribution in [2.75, 3.05) is 6.54 Å². The van der Waals surface area contributed by atoms with E-state index in [1.54, 1.807) is 0 Å². The van der Waals surface area contributed by atoms with E-state index in [4.69, 9.17) is 5.73 Å². The zero-order valence-electron chi connectivity index (χ0n) is 9.58. The maximum Gasteiger partial charge on any atom is 0.169 e. The normalized spacial score (nSPS) is 12.9. The van der Waals surface area contributed by atoms with Crippen LogP contribution in [0.15, 0.2) is 24.3 Å². The number of H-pyrrole nitrogens is 1. The number of aryl methyl sites for hydroxylation is 1. The first-order chi connectivity index (χ1) is 7.65. The van der Waals surface area contributed by atoms with Gasteiger partial charge >= 0.3 is 0 Å². The highest BCUT2D eigenvalue weighted by Crippen LogP contribution is 2.24. The Morgan fingerprint density at radius 2 is 2.12 bits per heavy atom. The molecule has 0 saturated heterocycles. The lowest BCUT2D eigenvalue weighted by Gasteiger charge is -2.07. The number of hydrogen-bond acceptors (Lipinski definition) is 2. The molecule has 2 aromatic rings. The van der Waals surface area contributed by atoms with Gasteiger partial charge in [0.15, 0.2) is 5.78 Å². The Bertz CT molecular complexity index is 528. The van der Waals surface area contributed by atoms with Crippen LogP contribution in [0.5, 0.6) is 0 Å². The molecule has 0 bridgehead atoms. The van der Waals surface area contributed by atoms with Crippen molar-refractivity contribution >= 4 is 16.7 Å². The highest BCUT2D eigenvalue weighted by atomic mass is 16.1. The summed E-state index contributed by atoms with van der Waals surface area (Å²) >= 11 is 0. The molecule has 3 nitrogen and oxygen atoms in total. The summed E-state index contributed by atoms with van der Waals surface area (Å²) in [5.41, 5.74) is 8.26. The van der Waals surface area contributed by atoms with Crippen LogP contribution >= 0.6 is 0 Å². The van der Waals surface area contributed by atoms with Crippen molar-refractivity contribution in [3.8, 4) is 0 Å². The molecule has 3 heteroatoms. The van der Waals surface area contributed by atoms with Gasteiger partial charge in [-0.1, -0.05) is 25.1 Å². The Hall–Kier alpha value is -1.61. The largest absolute Gasteiger partial charge is 0.358 e. The van der Waals surface area contributed by atoms with E-state index in [1.165, 1.54) is 0 Å². The quantitative estimate of drug-likeness (QED) is 0.773. The number of nitrogens with two attached hydrogens (primary N) is 1. The van der Waals surface area contributed by atoms with E-state index >= 15 is 0 Å². The lowest BCUT2D eigenvalue weighted by Crippen LogP contribution is -2.21. The van der Waals surface area contributed by atoms with Gasteiger partial charge in [0.2, 0.25) is 0 Å². The molecule has 1 heterocycles. The zero-order valence-corrected chi connectivity index (χ0v) is 9.58. The monoisotopic (exact) mass is 216 g/mol. The third kappa shape index (κ3) is 1.63. The Morgan fingerprint density at radius 1 is 1.44 bits per heavy atom. The van der Waals surface area contributed by atoms with Crippen molar-refractivity contribution in [3.63, 3.8) is 0 Å². The van der Waals surface area contributed by atoms with E-state index < -0.39 is 0 Å². The maximum atomic E-state index is 12.2. The van der Waals surface area contributed by atoms with Crippen LogP contribution in [0.1, 0.15) is 23.0 Å². The Morgan fingerprint density at radius 3 is 2.81 bits per heavy atom. The highest BCUT2D eigenvalue weighted by Gasteiger charge is 2.19. The van der Waals surface area contributed by atoms with E-state index in [2.05, 4.69) is 4.98 Å². The van der Waals surface area contributed by atoms with E-state index in [-0.39, 0.29) is 11.7 Å². The molecule has 0 spiro atoms. The molecule has 0 aliphatic rings.